The number of rotatable bonds is 8. The number of aromatic amines is 1. The van der Waals surface area contributed by atoms with Crippen LogP contribution < -0.4 is 16.4 Å². The van der Waals surface area contributed by atoms with Gasteiger partial charge in [0.1, 0.15) is 0 Å². The van der Waals surface area contributed by atoms with Crippen molar-refractivity contribution in [1.82, 2.24) is 25.4 Å². The van der Waals surface area contributed by atoms with Crippen LogP contribution in [-0.2, 0) is 13.1 Å². The first-order chi connectivity index (χ1) is 17.0. The molecule has 0 bridgehead atoms. The van der Waals surface area contributed by atoms with Gasteiger partial charge in [-0.05, 0) is 92.2 Å². The van der Waals surface area contributed by atoms with Gasteiger partial charge < -0.3 is 21.4 Å². The number of benzene rings is 2. The monoisotopic (exact) mass is 470 g/mol. The minimum Gasteiger partial charge on any atom is -0.366 e. The maximum absolute atomic E-state index is 12.3. The molecule has 0 radical (unpaired) electrons. The van der Waals surface area contributed by atoms with Crippen LogP contribution in [0.15, 0.2) is 48.7 Å². The zero-order chi connectivity index (χ0) is 24.4. The third kappa shape index (κ3) is 5.01. The van der Waals surface area contributed by atoms with Gasteiger partial charge in [-0.3, -0.25) is 9.48 Å². The van der Waals surface area contributed by atoms with Crippen molar-refractivity contribution in [1.29, 1.82) is 0 Å². The van der Waals surface area contributed by atoms with Crippen molar-refractivity contribution in [2.24, 2.45) is 5.73 Å². The average Bonchev–Trinajstić information content (AvgIpc) is 3.43. The summed E-state index contributed by atoms with van der Waals surface area (Å²) in [5.41, 5.74) is 14.0. The number of nitrogens with zero attached hydrogens (tertiary/aromatic N) is 2. The summed E-state index contributed by atoms with van der Waals surface area (Å²) in [6, 6.07) is 14.7. The van der Waals surface area contributed by atoms with Gasteiger partial charge in [-0.2, -0.15) is 5.10 Å². The Hall–Kier alpha value is -3.42. The highest BCUT2D eigenvalue weighted by Crippen LogP contribution is 2.35. The van der Waals surface area contributed by atoms with Gasteiger partial charge in [0.05, 0.1) is 23.3 Å². The lowest BCUT2D eigenvalue weighted by Gasteiger charge is -2.22. The smallest absolute Gasteiger partial charge is 0.250 e. The van der Waals surface area contributed by atoms with Crippen LogP contribution in [0, 0.1) is 13.8 Å². The molecule has 5 N–H and O–H groups in total. The molecule has 5 rings (SSSR count). The number of carbonyl (C=O) groups excluding carboxylic acids is 1. The molecule has 4 aromatic rings. The van der Waals surface area contributed by atoms with Gasteiger partial charge in [0.2, 0.25) is 0 Å². The van der Waals surface area contributed by atoms with Crippen LogP contribution in [0.1, 0.15) is 51.6 Å². The van der Waals surface area contributed by atoms with E-state index in [4.69, 9.17) is 5.73 Å². The summed E-state index contributed by atoms with van der Waals surface area (Å²) in [4.78, 5) is 15.7. The molecule has 1 amide bonds. The molecule has 0 spiro atoms. The summed E-state index contributed by atoms with van der Waals surface area (Å²) >= 11 is 0. The number of hydrogen-bond acceptors (Lipinski definition) is 4. The number of aryl methyl sites for hydroxylation is 2. The van der Waals surface area contributed by atoms with Crippen LogP contribution in [0.5, 0.6) is 0 Å². The van der Waals surface area contributed by atoms with Gasteiger partial charge >= 0.3 is 0 Å². The molecule has 182 valence electrons. The number of nitrogens with one attached hydrogen (secondary N) is 3. The van der Waals surface area contributed by atoms with Crippen LogP contribution in [0.2, 0.25) is 0 Å². The Morgan fingerprint density at radius 3 is 2.71 bits per heavy atom. The predicted octanol–water partition coefficient (Wildman–Crippen LogP) is 4.00. The van der Waals surface area contributed by atoms with Gasteiger partial charge in [0.15, 0.2) is 0 Å². The fraction of sp³-hybridized carbons (Fsp3) is 0.357. The highest BCUT2D eigenvalue weighted by Gasteiger charge is 2.21. The quantitative estimate of drug-likeness (QED) is 0.292. The number of carbonyl (C=O) groups is 1. The summed E-state index contributed by atoms with van der Waals surface area (Å²) in [5, 5.41) is 12.6. The number of fused-ring (bicyclic) bond motifs is 1. The zero-order valence-corrected chi connectivity index (χ0v) is 20.5. The predicted molar refractivity (Wildman–Crippen MR) is 141 cm³/mol. The molecular formula is C28H34N6O. The van der Waals surface area contributed by atoms with Crippen LogP contribution in [-0.4, -0.2) is 40.3 Å². The number of H-pyrrole nitrogens is 1. The van der Waals surface area contributed by atoms with E-state index in [1.807, 2.05) is 17.7 Å². The van der Waals surface area contributed by atoms with Crippen molar-refractivity contribution in [2.75, 3.05) is 19.6 Å². The molecular weight excluding hydrogens is 436 g/mol. The fourth-order valence-corrected chi connectivity index (χ4v) is 5.26. The molecule has 0 atom stereocenters. The van der Waals surface area contributed by atoms with E-state index in [9.17, 15) is 4.79 Å². The van der Waals surface area contributed by atoms with Gasteiger partial charge in [-0.1, -0.05) is 18.2 Å². The maximum Gasteiger partial charge on any atom is 0.250 e. The van der Waals surface area contributed by atoms with Gasteiger partial charge in [0, 0.05) is 30.4 Å². The Morgan fingerprint density at radius 2 is 1.97 bits per heavy atom. The standard InChI is InChI=1S/C28H34N6O/c1-18-12-19(2)34(33-18)11-10-31-16-20-4-3-5-22(13-20)23-14-24-26(21-6-8-30-9-7-21)17-32-27(24)25(15-23)28(29)35/h3-5,12-15,17,21,30-32H,6-11,16H2,1-2H3,(H2,29,35). The van der Waals surface area contributed by atoms with Crippen LogP contribution in [0.4, 0.5) is 0 Å². The van der Waals surface area contributed by atoms with Gasteiger partial charge in [-0.25, -0.2) is 0 Å². The minimum absolute atomic E-state index is 0.405. The van der Waals surface area contributed by atoms with E-state index < -0.39 is 5.91 Å². The number of amides is 1. The molecule has 0 unspecified atom stereocenters. The van der Waals surface area contributed by atoms with Gasteiger partial charge in [-0.15, -0.1) is 0 Å². The summed E-state index contributed by atoms with van der Waals surface area (Å²) in [7, 11) is 0. The van der Waals surface area contributed by atoms with Crippen LogP contribution >= 0.6 is 0 Å². The average molecular weight is 471 g/mol. The molecule has 1 fully saturated rings. The first-order valence-corrected chi connectivity index (χ1v) is 12.5. The summed E-state index contributed by atoms with van der Waals surface area (Å²) in [5.74, 6) is 0.0799. The lowest BCUT2D eigenvalue weighted by atomic mass is 9.88. The lowest BCUT2D eigenvalue weighted by Crippen LogP contribution is -2.26. The molecule has 2 aromatic heterocycles. The van der Waals surface area contributed by atoms with Crippen molar-refractivity contribution >= 4 is 16.8 Å². The molecule has 35 heavy (non-hydrogen) atoms. The Bertz CT molecular complexity index is 1340. The van der Waals surface area contributed by atoms with E-state index in [0.29, 0.717) is 11.5 Å². The molecule has 1 aliphatic rings. The summed E-state index contributed by atoms with van der Waals surface area (Å²) in [6.07, 6.45) is 4.27. The van der Waals surface area contributed by atoms with Crippen LogP contribution in [0.25, 0.3) is 22.0 Å². The van der Waals surface area contributed by atoms with E-state index in [0.717, 1.165) is 73.3 Å². The van der Waals surface area contributed by atoms with Crippen LogP contribution in [0.3, 0.4) is 0 Å². The molecule has 7 heteroatoms. The third-order valence-electron chi connectivity index (χ3n) is 7.06. The van der Waals surface area contributed by atoms with E-state index in [-0.39, 0.29) is 0 Å². The highest BCUT2D eigenvalue weighted by atomic mass is 16.1. The number of aromatic nitrogens is 3. The number of primary amides is 1. The molecule has 3 heterocycles. The number of hydrogen-bond donors (Lipinski definition) is 4. The topological polar surface area (TPSA) is 101 Å². The molecule has 0 saturated carbocycles. The molecule has 2 aromatic carbocycles. The second kappa shape index (κ2) is 10.1. The molecule has 7 nitrogen and oxygen atoms in total. The Kier molecular flexibility index (Phi) is 6.70. The first-order valence-electron chi connectivity index (χ1n) is 12.5. The van der Waals surface area contributed by atoms with E-state index in [1.165, 1.54) is 16.8 Å². The third-order valence-corrected chi connectivity index (χ3v) is 7.06. The number of piperidine rings is 1. The number of nitrogens with two attached hydrogens (primary N) is 1. The lowest BCUT2D eigenvalue weighted by molar-refractivity contribution is 0.100. The van der Waals surface area contributed by atoms with Crippen molar-refractivity contribution in [2.45, 2.75) is 45.7 Å². The van der Waals surface area contributed by atoms with E-state index in [2.05, 4.69) is 70.2 Å². The first kappa shape index (κ1) is 23.3. The normalized spacial score (nSPS) is 14.6. The summed E-state index contributed by atoms with van der Waals surface area (Å²) < 4.78 is 2.04. The summed E-state index contributed by atoms with van der Waals surface area (Å²) in [6.45, 7) is 8.59. The van der Waals surface area contributed by atoms with E-state index >= 15 is 0 Å². The van der Waals surface area contributed by atoms with Crippen molar-refractivity contribution in [3.8, 4) is 11.1 Å². The minimum atomic E-state index is -0.405. The highest BCUT2D eigenvalue weighted by molar-refractivity contribution is 6.07. The fourth-order valence-electron chi connectivity index (χ4n) is 5.26. The molecule has 1 aliphatic heterocycles. The van der Waals surface area contributed by atoms with Crippen molar-refractivity contribution in [3.05, 3.63) is 76.7 Å². The Morgan fingerprint density at radius 1 is 1.14 bits per heavy atom. The van der Waals surface area contributed by atoms with Gasteiger partial charge in [0.25, 0.3) is 5.91 Å². The zero-order valence-electron chi connectivity index (χ0n) is 20.5. The maximum atomic E-state index is 12.3. The van der Waals surface area contributed by atoms with Crippen molar-refractivity contribution in [3.63, 3.8) is 0 Å². The Balaban J connectivity index is 1.37. The second-order valence-corrected chi connectivity index (χ2v) is 9.61. The largest absolute Gasteiger partial charge is 0.366 e. The van der Waals surface area contributed by atoms with E-state index in [1.54, 1.807) is 0 Å². The SMILES string of the molecule is Cc1cc(C)n(CCNCc2cccc(-c3cc(C(N)=O)c4[nH]cc(C5CCNCC5)c4c3)c2)n1. The molecule has 1 saturated heterocycles. The Labute approximate surface area is 206 Å². The van der Waals surface area contributed by atoms with Crippen molar-refractivity contribution < 1.29 is 4.79 Å². The second-order valence-electron chi connectivity index (χ2n) is 9.61. The molecule has 0 aliphatic carbocycles.